The van der Waals surface area contributed by atoms with Gasteiger partial charge < -0.3 is 14.8 Å². The van der Waals surface area contributed by atoms with E-state index in [4.69, 9.17) is 0 Å². The van der Waals surface area contributed by atoms with Gasteiger partial charge in [0.2, 0.25) is 0 Å². The van der Waals surface area contributed by atoms with Crippen LogP contribution >= 0.6 is 0 Å². The number of hydrogen-bond donors (Lipinski definition) is 1. The van der Waals surface area contributed by atoms with Gasteiger partial charge in [-0.3, -0.25) is 4.79 Å². The molecule has 112 valence electrons. The van der Waals surface area contributed by atoms with Crippen molar-refractivity contribution in [2.24, 2.45) is 0 Å². The molecule has 1 atom stereocenters. The fourth-order valence-electron chi connectivity index (χ4n) is 2.62. The molecule has 0 amide bonds. The highest BCUT2D eigenvalue weighted by Crippen LogP contribution is 2.35. The number of likely N-dealkylation sites (tertiary alicyclic amines) is 1. The van der Waals surface area contributed by atoms with Gasteiger partial charge in [0.1, 0.15) is 11.7 Å². The van der Waals surface area contributed by atoms with E-state index in [1.807, 2.05) is 13.8 Å². The lowest BCUT2D eigenvalue weighted by Gasteiger charge is -2.37. The Morgan fingerprint density at radius 3 is 2.75 bits per heavy atom. The lowest BCUT2D eigenvalue weighted by molar-refractivity contribution is -0.0988. The van der Waals surface area contributed by atoms with E-state index < -0.39 is 12.0 Å². The van der Waals surface area contributed by atoms with Crippen molar-refractivity contribution in [2.45, 2.75) is 38.3 Å². The Bertz CT molecular complexity index is 527. The van der Waals surface area contributed by atoms with Crippen molar-refractivity contribution >= 4 is 5.69 Å². The van der Waals surface area contributed by atoms with Gasteiger partial charge in [0.05, 0.1) is 6.54 Å². The Morgan fingerprint density at radius 2 is 2.15 bits per heavy atom. The van der Waals surface area contributed by atoms with Crippen LogP contribution in [0.5, 0.6) is 0 Å². The van der Waals surface area contributed by atoms with E-state index >= 15 is 0 Å². The zero-order valence-electron chi connectivity index (χ0n) is 12.1. The van der Waals surface area contributed by atoms with Crippen LogP contribution < -0.4 is 10.9 Å². The van der Waals surface area contributed by atoms with Crippen LogP contribution in [-0.4, -0.2) is 41.6 Å². The van der Waals surface area contributed by atoms with E-state index in [1.54, 1.807) is 24.1 Å². The second kappa shape index (κ2) is 5.52. The van der Waals surface area contributed by atoms with Crippen LogP contribution in [0.15, 0.2) is 23.1 Å². The lowest BCUT2D eigenvalue weighted by atomic mass is 10.0. The summed E-state index contributed by atoms with van der Waals surface area (Å²) in [6.07, 6.45) is 1.73. The SMILES string of the molecule is CC(C)Nc1cccn([C@H]2CCN(C)CC2(F)F)c1=O. The summed E-state index contributed by atoms with van der Waals surface area (Å²) in [6, 6.07) is 2.28. The second-order valence-electron chi connectivity index (χ2n) is 5.74. The number of alkyl halides is 2. The molecule has 0 bridgehead atoms. The standard InChI is InChI=1S/C14H21F2N3O/c1-10(2)17-11-5-4-7-19(13(11)20)12-6-8-18(3)9-14(12,15)16/h4-5,7,10,12,17H,6,8-9H2,1-3H3/t12-/m0/s1. The molecule has 2 heterocycles. The minimum atomic E-state index is -2.90. The zero-order chi connectivity index (χ0) is 14.9. The van der Waals surface area contributed by atoms with Crippen molar-refractivity contribution in [1.82, 2.24) is 9.47 Å². The van der Waals surface area contributed by atoms with Gasteiger partial charge in [-0.25, -0.2) is 8.78 Å². The summed E-state index contributed by atoms with van der Waals surface area (Å²) in [6.45, 7) is 4.06. The number of rotatable bonds is 3. The highest BCUT2D eigenvalue weighted by Gasteiger charge is 2.45. The summed E-state index contributed by atoms with van der Waals surface area (Å²) in [7, 11) is 1.67. The topological polar surface area (TPSA) is 37.3 Å². The lowest BCUT2D eigenvalue weighted by Crippen LogP contribution is -2.49. The molecule has 0 aliphatic carbocycles. The Labute approximate surface area is 117 Å². The van der Waals surface area contributed by atoms with Crippen molar-refractivity contribution < 1.29 is 8.78 Å². The number of hydrogen-bond acceptors (Lipinski definition) is 3. The minimum absolute atomic E-state index is 0.0801. The molecule has 4 nitrogen and oxygen atoms in total. The van der Waals surface area contributed by atoms with Gasteiger partial charge in [0, 0.05) is 18.8 Å². The first-order valence-corrected chi connectivity index (χ1v) is 6.85. The molecule has 0 radical (unpaired) electrons. The summed E-state index contributed by atoms with van der Waals surface area (Å²) in [4.78, 5) is 13.9. The molecule has 0 saturated carbocycles. The molecular formula is C14H21F2N3O. The summed E-state index contributed by atoms with van der Waals surface area (Å²) >= 11 is 0. The molecule has 2 rings (SSSR count). The number of nitrogens with zero attached hydrogens (tertiary/aromatic N) is 2. The molecule has 1 saturated heterocycles. The molecule has 1 aromatic heterocycles. The van der Waals surface area contributed by atoms with Crippen molar-refractivity contribution in [3.63, 3.8) is 0 Å². The number of pyridine rings is 1. The summed E-state index contributed by atoms with van der Waals surface area (Å²) in [5, 5.41) is 3.00. The predicted octanol–water partition coefficient (Wildman–Crippen LogP) is 2.18. The molecule has 0 aromatic carbocycles. The van der Waals surface area contributed by atoms with Crippen LogP contribution in [0.25, 0.3) is 0 Å². The monoisotopic (exact) mass is 285 g/mol. The van der Waals surface area contributed by atoms with E-state index in [0.29, 0.717) is 12.2 Å². The first-order chi connectivity index (χ1) is 9.31. The van der Waals surface area contributed by atoms with Crippen LogP contribution in [0.2, 0.25) is 0 Å². The van der Waals surface area contributed by atoms with E-state index in [0.717, 1.165) is 0 Å². The maximum absolute atomic E-state index is 14.2. The molecule has 1 aromatic rings. The molecule has 0 spiro atoms. The predicted molar refractivity (Wildman–Crippen MR) is 75.6 cm³/mol. The van der Waals surface area contributed by atoms with E-state index in [2.05, 4.69) is 5.32 Å². The Kier molecular flexibility index (Phi) is 4.13. The molecule has 0 unspecified atom stereocenters. The van der Waals surface area contributed by atoms with Crippen LogP contribution in [0.1, 0.15) is 26.3 Å². The van der Waals surface area contributed by atoms with Gasteiger partial charge >= 0.3 is 0 Å². The van der Waals surface area contributed by atoms with Gasteiger partial charge in [-0.1, -0.05) is 0 Å². The van der Waals surface area contributed by atoms with E-state index in [1.165, 1.54) is 10.8 Å². The molecule has 1 aliphatic heterocycles. The second-order valence-corrected chi connectivity index (χ2v) is 5.74. The van der Waals surface area contributed by atoms with E-state index in [-0.39, 0.29) is 24.6 Å². The Morgan fingerprint density at radius 1 is 1.45 bits per heavy atom. The third-order valence-electron chi connectivity index (χ3n) is 3.51. The zero-order valence-corrected chi connectivity index (χ0v) is 12.1. The van der Waals surface area contributed by atoms with Gasteiger partial charge in [0.25, 0.3) is 11.5 Å². The van der Waals surface area contributed by atoms with Gasteiger partial charge in [-0.2, -0.15) is 0 Å². The summed E-state index contributed by atoms with van der Waals surface area (Å²) < 4.78 is 29.5. The van der Waals surface area contributed by atoms with Crippen molar-refractivity contribution in [3.8, 4) is 0 Å². The fraction of sp³-hybridized carbons (Fsp3) is 0.643. The van der Waals surface area contributed by atoms with Crippen molar-refractivity contribution in [3.05, 3.63) is 28.7 Å². The minimum Gasteiger partial charge on any atom is -0.378 e. The van der Waals surface area contributed by atoms with Crippen LogP contribution in [0.3, 0.4) is 0 Å². The maximum Gasteiger partial charge on any atom is 0.280 e. The quantitative estimate of drug-likeness (QED) is 0.925. The fourth-order valence-corrected chi connectivity index (χ4v) is 2.62. The van der Waals surface area contributed by atoms with Crippen LogP contribution in [0.4, 0.5) is 14.5 Å². The van der Waals surface area contributed by atoms with Crippen molar-refractivity contribution in [1.29, 1.82) is 0 Å². The molecule has 6 heteroatoms. The Balaban J connectivity index is 2.35. The van der Waals surface area contributed by atoms with Crippen LogP contribution in [0, 0.1) is 0 Å². The largest absolute Gasteiger partial charge is 0.378 e. The third kappa shape index (κ3) is 3.00. The highest BCUT2D eigenvalue weighted by molar-refractivity contribution is 5.41. The average molecular weight is 285 g/mol. The Hall–Kier alpha value is -1.43. The number of aromatic nitrogens is 1. The highest BCUT2D eigenvalue weighted by atomic mass is 19.3. The van der Waals surface area contributed by atoms with Crippen molar-refractivity contribution in [2.75, 3.05) is 25.5 Å². The smallest absolute Gasteiger partial charge is 0.280 e. The normalized spacial score (nSPS) is 23.0. The maximum atomic E-state index is 14.2. The molecular weight excluding hydrogens is 264 g/mol. The summed E-state index contributed by atoms with van der Waals surface area (Å²) in [5.41, 5.74) is -0.00680. The number of anilines is 1. The molecule has 1 fully saturated rings. The van der Waals surface area contributed by atoms with Crippen LogP contribution in [-0.2, 0) is 0 Å². The van der Waals surface area contributed by atoms with Gasteiger partial charge in [-0.05, 0) is 39.4 Å². The van der Waals surface area contributed by atoms with Gasteiger partial charge in [-0.15, -0.1) is 0 Å². The molecule has 1 N–H and O–H groups in total. The number of nitrogens with one attached hydrogen (secondary N) is 1. The van der Waals surface area contributed by atoms with Gasteiger partial charge in [0.15, 0.2) is 0 Å². The first-order valence-electron chi connectivity index (χ1n) is 6.85. The number of halogens is 2. The summed E-state index contributed by atoms with van der Waals surface area (Å²) in [5.74, 6) is -2.90. The molecule has 20 heavy (non-hydrogen) atoms. The molecule has 1 aliphatic rings. The van der Waals surface area contributed by atoms with E-state index in [9.17, 15) is 13.6 Å². The first kappa shape index (κ1) is 15.0. The number of piperidine rings is 1. The third-order valence-corrected chi connectivity index (χ3v) is 3.51. The average Bonchev–Trinajstić information content (AvgIpc) is 2.31.